The first-order valence-electron chi connectivity index (χ1n) is 3.56. The molecule has 0 heterocycles. The Morgan fingerprint density at radius 1 is 1.67 bits per heavy atom. The van der Waals surface area contributed by atoms with Crippen molar-refractivity contribution in [2.24, 2.45) is 5.73 Å². The molecule has 0 aromatic heterocycles. The van der Waals surface area contributed by atoms with Gasteiger partial charge >= 0.3 is 0 Å². The SMILES string of the molecule is C=C(C)CC(N)CCC. The van der Waals surface area contributed by atoms with Crippen molar-refractivity contribution in [1.29, 1.82) is 0 Å². The van der Waals surface area contributed by atoms with Crippen molar-refractivity contribution < 1.29 is 0 Å². The highest BCUT2D eigenvalue weighted by molar-refractivity contribution is 4.91. The van der Waals surface area contributed by atoms with Crippen LogP contribution in [-0.4, -0.2) is 6.04 Å². The molecule has 0 spiro atoms. The fraction of sp³-hybridized carbons (Fsp3) is 0.750. The van der Waals surface area contributed by atoms with Gasteiger partial charge in [0.2, 0.25) is 0 Å². The normalized spacial score (nSPS) is 13.2. The van der Waals surface area contributed by atoms with E-state index in [1.165, 1.54) is 12.0 Å². The molecule has 1 unspecified atom stereocenters. The highest BCUT2D eigenvalue weighted by Crippen LogP contribution is 2.04. The maximum absolute atomic E-state index is 5.72. The van der Waals surface area contributed by atoms with Crippen molar-refractivity contribution in [3.63, 3.8) is 0 Å². The number of hydrogen-bond donors (Lipinski definition) is 1. The van der Waals surface area contributed by atoms with Gasteiger partial charge in [0.1, 0.15) is 0 Å². The third-order valence-electron chi connectivity index (χ3n) is 1.27. The molecule has 0 radical (unpaired) electrons. The topological polar surface area (TPSA) is 26.0 Å². The lowest BCUT2D eigenvalue weighted by molar-refractivity contribution is 0.598. The van der Waals surface area contributed by atoms with Gasteiger partial charge in [0, 0.05) is 6.04 Å². The van der Waals surface area contributed by atoms with Gasteiger partial charge in [-0.15, -0.1) is 6.58 Å². The molecule has 0 aliphatic heterocycles. The minimum absolute atomic E-state index is 0.340. The Hall–Kier alpha value is -0.300. The molecule has 9 heavy (non-hydrogen) atoms. The van der Waals surface area contributed by atoms with Crippen LogP contribution in [0.2, 0.25) is 0 Å². The summed E-state index contributed by atoms with van der Waals surface area (Å²) in [7, 11) is 0. The lowest BCUT2D eigenvalue weighted by Gasteiger charge is -2.08. The highest BCUT2D eigenvalue weighted by Gasteiger charge is 1.98. The monoisotopic (exact) mass is 127 g/mol. The van der Waals surface area contributed by atoms with Crippen LogP contribution in [0.5, 0.6) is 0 Å². The summed E-state index contributed by atoms with van der Waals surface area (Å²) in [5, 5.41) is 0. The van der Waals surface area contributed by atoms with Crippen LogP contribution in [0.1, 0.15) is 33.1 Å². The zero-order valence-electron chi connectivity index (χ0n) is 6.48. The van der Waals surface area contributed by atoms with E-state index in [-0.39, 0.29) is 0 Å². The van der Waals surface area contributed by atoms with E-state index < -0.39 is 0 Å². The molecule has 0 bridgehead atoms. The van der Waals surface area contributed by atoms with Gasteiger partial charge in [-0.1, -0.05) is 18.9 Å². The summed E-state index contributed by atoms with van der Waals surface area (Å²) >= 11 is 0. The lowest BCUT2D eigenvalue weighted by atomic mass is 10.1. The summed E-state index contributed by atoms with van der Waals surface area (Å²) in [5.74, 6) is 0. The van der Waals surface area contributed by atoms with Crippen molar-refractivity contribution in [1.82, 2.24) is 0 Å². The second-order valence-corrected chi connectivity index (χ2v) is 2.71. The Labute approximate surface area is 57.9 Å². The predicted molar refractivity (Wildman–Crippen MR) is 42.3 cm³/mol. The molecule has 1 atom stereocenters. The zero-order chi connectivity index (χ0) is 7.28. The van der Waals surface area contributed by atoms with Crippen molar-refractivity contribution in [2.45, 2.75) is 39.2 Å². The van der Waals surface area contributed by atoms with E-state index in [2.05, 4.69) is 13.5 Å². The molecule has 54 valence electrons. The smallest absolute Gasteiger partial charge is 0.00757 e. The molecule has 0 saturated carbocycles. The average molecular weight is 127 g/mol. The van der Waals surface area contributed by atoms with Gasteiger partial charge < -0.3 is 5.73 Å². The Balaban J connectivity index is 3.26. The molecule has 1 nitrogen and oxygen atoms in total. The summed E-state index contributed by atoms with van der Waals surface area (Å²) in [5.41, 5.74) is 6.92. The second-order valence-electron chi connectivity index (χ2n) is 2.71. The molecule has 0 rings (SSSR count). The van der Waals surface area contributed by atoms with Crippen LogP contribution in [0.15, 0.2) is 12.2 Å². The van der Waals surface area contributed by atoms with E-state index >= 15 is 0 Å². The molecule has 0 aromatic rings. The first-order valence-corrected chi connectivity index (χ1v) is 3.56. The minimum atomic E-state index is 0.340. The fourth-order valence-corrected chi connectivity index (χ4v) is 0.920. The third-order valence-corrected chi connectivity index (χ3v) is 1.27. The number of hydrogen-bond acceptors (Lipinski definition) is 1. The van der Waals surface area contributed by atoms with Crippen LogP contribution in [0, 0.1) is 0 Å². The maximum Gasteiger partial charge on any atom is 0.00757 e. The highest BCUT2D eigenvalue weighted by atomic mass is 14.6. The van der Waals surface area contributed by atoms with Gasteiger partial charge in [0.05, 0.1) is 0 Å². The van der Waals surface area contributed by atoms with E-state index in [4.69, 9.17) is 5.73 Å². The van der Waals surface area contributed by atoms with E-state index in [0.29, 0.717) is 6.04 Å². The van der Waals surface area contributed by atoms with Gasteiger partial charge in [0.25, 0.3) is 0 Å². The van der Waals surface area contributed by atoms with Gasteiger partial charge in [-0.2, -0.15) is 0 Å². The summed E-state index contributed by atoms with van der Waals surface area (Å²) in [6, 6.07) is 0.340. The van der Waals surface area contributed by atoms with Gasteiger partial charge in [-0.3, -0.25) is 0 Å². The Kier molecular flexibility index (Phi) is 4.41. The van der Waals surface area contributed by atoms with Crippen molar-refractivity contribution in [3.05, 3.63) is 12.2 Å². The molecule has 0 fully saturated rings. The number of nitrogens with two attached hydrogens (primary N) is 1. The molecule has 0 aliphatic carbocycles. The van der Waals surface area contributed by atoms with E-state index in [0.717, 1.165) is 12.8 Å². The standard InChI is InChI=1S/C8H17N/c1-4-5-8(9)6-7(2)3/h8H,2,4-6,9H2,1,3H3. The van der Waals surface area contributed by atoms with Gasteiger partial charge in [-0.05, 0) is 19.8 Å². The van der Waals surface area contributed by atoms with Crippen LogP contribution in [-0.2, 0) is 0 Å². The quantitative estimate of drug-likeness (QED) is 0.575. The summed E-state index contributed by atoms with van der Waals surface area (Å²) in [6.07, 6.45) is 3.27. The first kappa shape index (κ1) is 8.70. The summed E-state index contributed by atoms with van der Waals surface area (Å²) in [4.78, 5) is 0. The number of rotatable bonds is 4. The Bertz CT molecular complexity index is 86.6. The van der Waals surface area contributed by atoms with E-state index in [9.17, 15) is 0 Å². The van der Waals surface area contributed by atoms with Crippen molar-refractivity contribution in [2.75, 3.05) is 0 Å². The lowest BCUT2D eigenvalue weighted by Crippen LogP contribution is -2.19. The molecular formula is C8H17N. The maximum atomic E-state index is 5.72. The van der Waals surface area contributed by atoms with Crippen LogP contribution in [0.25, 0.3) is 0 Å². The molecule has 0 aromatic carbocycles. The van der Waals surface area contributed by atoms with Crippen molar-refractivity contribution in [3.8, 4) is 0 Å². The fourth-order valence-electron chi connectivity index (χ4n) is 0.920. The second kappa shape index (κ2) is 4.57. The third kappa shape index (κ3) is 5.57. The van der Waals surface area contributed by atoms with E-state index in [1.807, 2.05) is 6.92 Å². The molecule has 0 amide bonds. The van der Waals surface area contributed by atoms with Crippen molar-refractivity contribution >= 4 is 0 Å². The Morgan fingerprint density at radius 2 is 2.22 bits per heavy atom. The van der Waals surface area contributed by atoms with Crippen LogP contribution in [0.4, 0.5) is 0 Å². The molecule has 0 saturated heterocycles. The summed E-state index contributed by atoms with van der Waals surface area (Å²) < 4.78 is 0. The predicted octanol–water partition coefficient (Wildman–Crippen LogP) is 2.08. The molecule has 2 N–H and O–H groups in total. The average Bonchev–Trinajstić information content (AvgIpc) is 1.63. The van der Waals surface area contributed by atoms with Crippen LogP contribution < -0.4 is 5.73 Å². The zero-order valence-corrected chi connectivity index (χ0v) is 6.48. The van der Waals surface area contributed by atoms with E-state index in [1.54, 1.807) is 0 Å². The largest absolute Gasteiger partial charge is 0.327 e. The van der Waals surface area contributed by atoms with Crippen LogP contribution in [0.3, 0.4) is 0 Å². The summed E-state index contributed by atoms with van der Waals surface area (Å²) in [6.45, 7) is 7.97. The molecule has 0 aliphatic rings. The van der Waals surface area contributed by atoms with Crippen LogP contribution >= 0.6 is 0 Å². The Morgan fingerprint density at radius 3 is 2.56 bits per heavy atom. The minimum Gasteiger partial charge on any atom is -0.327 e. The molecule has 1 heteroatoms. The van der Waals surface area contributed by atoms with Gasteiger partial charge in [-0.25, -0.2) is 0 Å². The van der Waals surface area contributed by atoms with Gasteiger partial charge in [0.15, 0.2) is 0 Å². The molecular weight excluding hydrogens is 110 g/mol. The first-order chi connectivity index (χ1) is 4.16.